The zero-order chi connectivity index (χ0) is 22.4. The highest BCUT2D eigenvalue weighted by Crippen LogP contribution is 2.21. The molecule has 2 N–H and O–H groups in total. The normalized spacial score (nSPS) is 10.7. The Morgan fingerprint density at radius 1 is 1.13 bits per heavy atom. The number of hydrogen-bond acceptors (Lipinski definition) is 5. The van der Waals surface area contributed by atoms with Crippen LogP contribution in [0.2, 0.25) is 0 Å². The summed E-state index contributed by atoms with van der Waals surface area (Å²) < 4.78 is 2.87. The summed E-state index contributed by atoms with van der Waals surface area (Å²) in [4.78, 5) is 24.8. The highest BCUT2D eigenvalue weighted by Gasteiger charge is 2.15. The van der Waals surface area contributed by atoms with Crippen LogP contribution in [0.3, 0.4) is 0 Å². The van der Waals surface area contributed by atoms with E-state index in [9.17, 15) is 9.59 Å². The van der Waals surface area contributed by atoms with Crippen molar-refractivity contribution in [1.29, 1.82) is 0 Å². The van der Waals surface area contributed by atoms with Crippen LogP contribution in [0, 0.1) is 13.8 Å². The number of amides is 2. The van der Waals surface area contributed by atoms with Gasteiger partial charge in [0.2, 0.25) is 5.91 Å². The van der Waals surface area contributed by atoms with Crippen LogP contribution in [0.25, 0.3) is 0 Å². The second-order valence-corrected chi connectivity index (χ2v) is 8.85. The highest BCUT2D eigenvalue weighted by atomic mass is 79.9. The Kier molecular flexibility index (Phi) is 7.86. The second-order valence-electron chi connectivity index (χ2n) is 6.99. The Morgan fingerprint density at radius 3 is 2.65 bits per heavy atom. The van der Waals surface area contributed by atoms with Gasteiger partial charge in [-0.25, -0.2) is 0 Å². The monoisotopic (exact) mass is 501 g/mol. The Hall–Kier alpha value is -2.65. The number of aromatic nitrogens is 3. The zero-order valence-electron chi connectivity index (χ0n) is 17.6. The van der Waals surface area contributed by atoms with E-state index in [1.54, 1.807) is 6.07 Å². The molecular weight excluding hydrogens is 478 g/mol. The quantitative estimate of drug-likeness (QED) is 0.448. The summed E-state index contributed by atoms with van der Waals surface area (Å²) in [6.07, 6.45) is 0. The van der Waals surface area contributed by atoms with Crippen LogP contribution in [0.1, 0.15) is 34.2 Å². The van der Waals surface area contributed by atoms with Gasteiger partial charge in [-0.15, -0.1) is 10.2 Å². The molecule has 1 aromatic heterocycles. The fourth-order valence-corrected chi connectivity index (χ4v) is 4.30. The predicted octanol–water partition coefficient (Wildman–Crippen LogP) is 4.34. The lowest BCUT2D eigenvalue weighted by Crippen LogP contribution is -2.25. The molecular formula is C22H24BrN5O2S. The zero-order valence-corrected chi connectivity index (χ0v) is 20.0. The van der Waals surface area contributed by atoms with E-state index in [4.69, 9.17) is 0 Å². The van der Waals surface area contributed by atoms with Crippen molar-refractivity contribution < 1.29 is 9.59 Å². The van der Waals surface area contributed by atoms with Crippen molar-refractivity contribution in [3.05, 3.63) is 69.5 Å². The molecule has 2 aromatic carbocycles. The van der Waals surface area contributed by atoms with Crippen molar-refractivity contribution in [3.63, 3.8) is 0 Å². The first-order chi connectivity index (χ1) is 14.9. The maximum atomic E-state index is 12.4. The van der Waals surface area contributed by atoms with Gasteiger partial charge in [0.05, 0.1) is 12.3 Å². The number of carbonyl (C=O) groups is 2. The summed E-state index contributed by atoms with van der Waals surface area (Å²) in [6.45, 7) is 6.77. The molecule has 0 radical (unpaired) electrons. The van der Waals surface area contributed by atoms with Gasteiger partial charge in [-0.1, -0.05) is 45.4 Å². The van der Waals surface area contributed by atoms with E-state index in [1.807, 2.05) is 61.7 Å². The Balaban J connectivity index is 1.58. The van der Waals surface area contributed by atoms with Crippen LogP contribution in [-0.4, -0.2) is 32.3 Å². The molecule has 0 bridgehead atoms. The number of carbonyl (C=O) groups excluding carboxylic acids is 2. The molecule has 162 valence electrons. The number of nitrogens with zero attached hydrogens (tertiary/aromatic N) is 3. The van der Waals surface area contributed by atoms with Crippen LogP contribution < -0.4 is 10.6 Å². The highest BCUT2D eigenvalue weighted by molar-refractivity contribution is 9.10. The van der Waals surface area contributed by atoms with Crippen molar-refractivity contribution in [2.75, 3.05) is 11.1 Å². The third kappa shape index (κ3) is 6.18. The van der Waals surface area contributed by atoms with Crippen molar-refractivity contribution in [2.24, 2.45) is 0 Å². The molecule has 0 atom stereocenters. The molecule has 9 heteroatoms. The largest absolute Gasteiger partial charge is 0.345 e. The number of hydrogen-bond donors (Lipinski definition) is 2. The lowest BCUT2D eigenvalue weighted by molar-refractivity contribution is -0.113. The van der Waals surface area contributed by atoms with E-state index < -0.39 is 0 Å². The number of aryl methyl sites for hydroxylation is 2. The minimum absolute atomic E-state index is 0.115. The van der Waals surface area contributed by atoms with Crippen molar-refractivity contribution in [3.8, 4) is 0 Å². The third-order valence-corrected chi connectivity index (χ3v) is 6.05. The topological polar surface area (TPSA) is 88.9 Å². The number of benzene rings is 2. The smallest absolute Gasteiger partial charge is 0.251 e. The lowest BCUT2D eigenvalue weighted by Gasteiger charge is -2.10. The maximum Gasteiger partial charge on any atom is 0.251 e. The van der Waals surface area contributed by atoms with Crippen molar-refractivity contribution >= 4 is 45.2 Å². The Labute approximate surface area is 194 Å². The standard InChI is InChI=1S/C22H24BrN5O2S/c1-4-28-19(12-24-21(30)16-7-5-6-14(2)10-16)26-27-22(28)31-13-20(29)25-18-9-8-17(23)11-15(18)3/h5-11H,4,12-13H2,1-3H3,(H,24,30)(H,25,29). The minimum Gasteiger partial charge on any atom is -0.345 e. The van der Waals surface area contributed by atoms with Crippen LogP contribution >= 0.6 is 27.7 Å². The summed E-state index contributed by atoms with van der Waals surface area (Å²) >= 11 is 4.74. The Morgan fingerprint density at radius 2 is 1.94 bits per heavy atom. The van der Waals surface area contributed by atoms with E-state index >= 15 is 0 Å². The molecule has 1 heterocycles. The van der Waals surface area contributed by atoms with Crippen molar-refractivity contribution in [1.82, 2.24) is 20.1 Å². The van der Waals surface area contributed by atoms with Crippen LogP contribution in [0.4, 0.5) is 5.69 Å². The van der Waals surface area contributed by atoms with E-state index in [0.29, 0.717) is 23.1 Å². The van der Waals surface area contributed by atoms with E-state index in [2.05, 4.69) is 36.8 Å². The molecule has 3 rings (SSSR count). The molecule has 0 spiro atoms. The summed E-state index contributed by atoms with van der Waals surface area (Å²) in [5.74, 6) is 0.585. The van der Waals surface area contributed by atoms with Gasteiger partial charge in [0, 0.05) is 22.3 Å². The third-order valence-electron chi connectivity index (χ3n) is 4.59. The molecule has 0 aliphatic heterocycles. The fourth-order valence-electron chi connectivity index (χ4n) is 3.01. The first-order valence-electron chi connectivity index (χ1n) is 9.83. The molecule has 0 fully saturated rings. The summed E-state index contributed by atoms with van der Waals surface area (Å²) in [6, 6.07) is 13.1. The number of rotatable bonds is 8. The van der Waals surface area contributed by atoms with Crippen LogP contribution in [-0.2, 0) is 17.9 Å². The summed E-state index contributed by atoms with van der Waals surface area (Å²) in [5, 5.41) is 14.8. The number of anilines is 1. The van der Waals surface area contributed by atoms with E-state index in [-0.39, 0.29) is 24.1 Å². The second kappa shape index (κ2) is 10.6. The molecule has 0 unspecified atom stereocenters. The van der Waals surface area contributed by atoms with E-state index in [0.717, 1.165) is 21.3 Å². The maximum absolute atomic E-state index is 12.4. The average Bonchev–Trinajstić information content (AvgIpc) is 3.14. The van der Waals surface area contributed by atoms with Gasteiger partial charge >= 0.3 is 0 Å². The van der Waals surface area contributed by atoms with Gasteiger partial charge in [0.15, 0.2) is 11.0 Å². The molecule has 0 aliphatic rings. The Bertz CT molecular complexity index is 1100. The number of nitrogens with one attached hydrogen (secondary N) is 2. The van der Waals surface area contributed by atoms with Gasteiger partial charge in [0.1, 0.15) is 0 Å². The van der Waals surface area contributed by atoms with Gasteiger partial charge in [-0.2, -0.15) is 0 Å². The average molecular weight is 502 g/mol. The lowest BCUT2D eigenvalue weighted by atomic mass is 10.1. The van der Waals surface area contributed by atoms with E-state index in [1.165, 1.54) is 11.8 Å². The van der Waals surface area contributed by atoms with Gasteiger partial charge in [-0.3, -0.25) is 9.59 Å². The van der Waals surface area contributed by atoms with Gasteiger partial charge < -0.3 is 15.2 Å². The SMILES string of the molecule is CCn1c(CNC(=O)c2cccc(C)c2)nnc1SCC(=O)Nc1ccc(Br)cc1C. The summed E-state index contributed by atoms with van der Waals surface area (Å²) in [7, 11) is 0. The number of thioether (sulfide) groups is 1. The van der Waals surface area contributed by atoms with Gasteiger partial charge in [-0.05, 0) is 56.7 Å². The number of halogens is 1. The summed E-state index contributed by atoms with van der Waals surface area (Å²) in [5.41, 5.74) is 3.40. The molecule has 31 heavy (non-hydrogen) atoms. The van der Waals surface area contributed by atoms with Gasteiger partial charge in [0.25, 0.3) is 5.91 Å². The molecule has 7 nitrogen and oxygen atoms in total. The fraction of sp³-hybridized carbons (Fsp3) is 0.273. The van der Waals surface area contributed by atoms with Crippen LogP contribution in [0.15, 0.2) is 52.1 Å². The molecule has 3 aromatic rings. The molecule has 0 aliphatic carbocycles. The molecule has 2 amide bonds. The predicted molar refractivity (Wildman–Crippen MR) is 126 cm³/mol. The minimum atomic E-state index is -0.159. The molecule has 0 saturated carbocycles. The molecule has 0 saturated heterocycles. The van der Waals surface area contributed by atoms with Crippen LogP contribution in [0.5, 0.6) is 0 Å². The first kappa shape index (κ1) is 23.0. The van der Waals surface area contributed by atoms with Crippen molar-refractivity contribution in [2.45, 2.75) is 39.0 Å². The first-order valence-corrected chi connectivity index (χ1v) is 11.6.